The molecule has 2 aromatic rings. The molecule has 0 unspecified atom stereocenters. The Hall–Kier alpha value is -1.62. The van der Waals surface area contributed by atoms with E-state index < -0.39 is 0 Å². The van der Waals surface area contributed by atoms with Crippen LogP contribution in [0, 0.1) is 5.92 Å². The topological polar surface area (TPSA) is 69.6 Å². The van der Waals surface area contributed by atoms with Gasteiger partial charge in [0.15, 0.2) is 5.82 Å². The van der Waals surface area contributed by atoms with E-state index in [1.807, 2.05) is 6.07 Å². The fraction of sp³-hybridized carbons (Fsp3) is 0.417. The molecular weight excluding hydrogens is 250 g/mol. The lowest BCUT2D eigenvalue weighted by atomic mass is 10.1. The van der Waals surface area contributed by atoms with Crippen molar-refractivity contribution in [3.63, 3.8) is 0 Å². The van der Waals surface area contributed by atoms with Crippen LogP contribution in [-0.4, -0.2) is 20.2 Å². The van der Waals surface area contributed by atoms with Crippen molar-refractivity contribution < 1.29 is 0 Å². The first-order chi connectivity index (χ1) is 8.58. The smallest absolute Gasteiger partial charge is 0.184 e. The second kappa shape index (κ2) is 5.35. The Balaban J connectivity index is 2.30. The third-order valence-electron chi connectivity index (χ3n) is 2.70. The van der Waals surface area contributed by atoms with Gasteiger partial charge in [-0.15, -0.1) is 5.10 Å². The molecule has 0 radical (unpaired) electrons. The Bertz CT molecular complexity index is 535. The molecular formula is C12H16ClN5. The van der Waals surface area contributed by atoms with E-state index in [2.05, 4.69) is 29.4 Å². The number of hydrogen-bond donors (Lipinski definition) is 1. The molecule has 2 N–H and O–H groups in total. The highest BCUT2D eigenvalue weighted by molar-refractivity contribution is 6.31. The van der Waals surface area contributed by atoms with E-state index in [4.69, 9.17) is 17.3 Å². The van der Waals surface area contributed by atoms with Gasteiger partial charge >= 0.3 is 0 Å². The maximum absolute atomic E-state index is 5.94. The van der Waals surface area contributed by atoms with Crippen LogP contribution in [0.3, 0.4) is 0 Å². The number of aromatic nitrogens is 4. The first-order valence-corrected chi connectivity index (χ1v) is 6.27. The molecule has 0 saturated carbocycles. The fourth-order valence-corrected chi connectivity index (χ4v) is 1.85. The Labute approximate surface area is 111 Å². The van der Waals surface area contributed by atoms with E-state index in [-0.39, 0.29) is 0 Å². The van der Waals surface area contributed by atoms with Crippen LogP contribution >= 0.6 is 11.6 Å². The molecule has 0 aliphatic carbocycles. The molecule has 0 aliphatic heterocycles. The SMILES string of the molecule is CC(C)CCn1nnnc1-c1ccc(Cl)cc1N. The molecule has 1 aromatic carbocycles. The van der Waals surface area contributed by atoms with Crippen molar-refractivity contribution in [2.24, 2.45) is 5.92 Å². The van der Waals surface area contributed by atoms with Crippen molar-refractivity contribution in [3.05, 3.63) is 23.2 Å². The Kier molecular flexibility index (Phi) is 3.81. The van der Waals surface area contributed by atoms with Gasteiger partial charge in [-0.2, -0.15) is 0 Å². The number of anilines is 1. The van der Waals surface area contributed by atoms with Crippen molar-refractivity contribution in [3.8, 4) is 11.4 Å². The molecule has 6 heteroatoms. The van der Waals surface area contributed by atoms with E-state index in [9.17, 15) is 0 Å². The predicted octanol–water partition coefficient (Wildman–Crippen LogP) is 2.62. The van der Waals surface area contributed by atoms with Crippen LogP contribution < -0.4 is 5.73 Å². The highest BCUT2D eigenvalue weighted by Crippen LogP contribution is 2.26. The van der Waals surface area contributed by atoms with Gasteiger partial charge in [-0.05, 0) is 41.0 Å². The minimum Gasteiger partial charge on any atom is -0.398 e. The normalized spacial score (nSPS) is 11.1. The Morgan fingerprint density at radius 1 is 1.39 bits per heavy atom. The lowest BCUT2D eigenvalue weighted by molar-refractivity contribution is 0.481. The third kappa shape index (κ3) is 2.79. The molecule has 18 heavy (non-hydrogen) atoms. The van der Waals surface area contributed by atoms with Crippen molar-refractivity contribution in [2.75, 3.05) is 5.73 Å². The molecule has 0 saturated heterocycles. The van der Waals surface area contributed by atoms with E-state index in [1.54, 1.807) is 16.8 Å². The van der Waals surface area contributed by atoms with Gasteiger partial charge < -0.3 is 5.73 Å². The van der Waals surface area contributed by atoms with Crippen molar-refractivity contribution in [1.29, 1.82) is 0 Å². The molecule has 0 fully saturated rings. The average Bonchev–Trinajstić information content (AvgIpc) is 2.74. The summed E-state index contributed by atoms with van der Waals surface area (Å²) in [6, 6.07) is 5.34. The van der Waals surface area contributed by atoms with Crippen LogP contribution in [0.4, 0.5) is 5.69 Å². The van der Waals surface area contributed by atoms with Gasteiger partial charge in [-0.1, -0.05) is 25.4 Å². The number of nitrogen functional groups attached to an aromatic ring is 1. The first-order valence-electron chi connectivity index (χ1n) is 5.89. The Morgan fingerprint density at radius 3 is 2.83 bits per heavy atom. The molecule has 0 bridgehead atoms. The van der Waals surface area contributed by atoms with E-state index in [1.165, 1.54) is 0 Å². The number of halogens is 1. The largest absolute Gasteiger partial charge is 0.398 e. The summed E-state index contributed by atoms with van der Waals surface area (Å²) in [6.45, 7) is 5.11. The molecule has 1 aromatic heterocycles. The number of aryl methyl sites for hydroxylation is 1. The van der Waals surface area contributed by atoms with Gasteiger partial charge in [-0.25, -0.2) is 4.68 Å². The molecule has 0 aliphatic rings. The highest BCUT2D eigenvalue weighted by Gasteiger charge is 2.12. The lowest BCUT2D eigenvalue weighted by Gasteiger charge is -2.08. The average molecular weight is 266 g/mol. The number of nitrogens with zero attached hydrogens (tertiary/aromatic N) is 4. The van der Waals surface area contributed by atoms with Gasteiger partial charge in [0.05, 0.1) is 0 Å². The summed E-state index contributed by atoms with van der Waals surface area (Å²) < 4.78 is 1.78. The summed E-state index contributed by atoms with van der Waals surface area (Å²) in [5.41, 5.74) is 7.34. The molecule has 0 atom stereocenters. The van der Waals surface area contributed by atoms with Crippen molar-refractivity contribution >= 4 is 17.3 Å². The standard InChI is InChI=1S/C12H16ClN5/c1-8(2)5-6-18-12(15-16-17-18)10-4-3-9(13)7-11(10)14/h3-4,7-8H,5-6,14H2,1-2H3. The summed E-state index contributed by atoms with van der Waals surface area (Å²) in [7, 11) is 0. The zero-order chi connectivity index (χ0) is 13.1. The van der Waals surface area contributed by atoms with Gasteiger partial charge in [0.2, 0.25) is 0 Å². The zero-order valence-electron chi connectivity index (χ0n) is 10.5. The number of rotatable bonds is 4. The van der Waals surface area contributed by atoms with Crippen LogP contribution in [0.5, 0.6) is 0 Å². The first kappa shape index (κ1) is 12.8. The van der Waals surface area contributed by atoms with Gasteiger partial charge in [0.25, 0.3) is 0 Å². The molecule has 5 nitrogen and oxygen atoms in total. The monoisotopic (exact) mass is 265 g/mol. The van der Waals surface area contributed by atoms with Crippen molar-refractivity contribution in [1.82, 2.24) is 20.2 Å². The summed E-state index contributed by atoms with van der Waals surface area (Å²) in [5.74, 6) is 1.29. The minimum atomic E-state index is 0.586. The van der Waals surface area contributed by atoms with Crippen LogP contribution in [0.25, 0.3) is 11.4 Å². The molecule has 0 amide bonds. The van der Waals surface area contributed by atoms with Gasteiger partial charge in [0.1, 0.15) is 0 Å². The highest BCUT2D eigenvalue weighted by atomic mass is 35.5. The van der Waals surface area contributed by atoms with Crippen LogP contribution in [-0.2, 0) is 6.54 Å². The van der Waals surface area contributed by atoms with Crippen molar-refractivity contribution in [2.45, 2.75) is 26.8 Å². The number of benzene rings is 1. The summed E-state index contributed by atoms with van der Waals surface area (Å²) in [4.78, 5) is 0. The summed E-state index contributed by atoms with van der Waals surface area (Å²) in [5, 5.41) is 12.4. The lowest BCUT2D eigenvalue weighted by Crippen LogP contribution is -2.06. The van der Waals surface area contributed by atoms with Gasteiger partial charge in [-0.3, -0.25) is 0 Å². The fourth-order valence-electron chi connectivity index (χ4n) is 1.67. The maximum atomic E-state index is 5.94. The van der Waals surface area contributed by atoms with E-state index in [0.717, 1.165) is 18.5 Å². The van der Waals surface area contributed by atoms with E-state index in [0.29, 0.717) is 22.5 Å². The zero-order valence-corrected chi connectivity index (χ0v) is 11.2. The molecule has 0 spiro atoms. The second-order valence-electron chi connectivity index (χ2n) is 4.64. The minimum absolute atomic E-state index is 0.586. The van der Waals surface area contributed by atoms with Gasteiger partial charge in [0, 0.05) is 22.8 Å². The number of nitrogens with two attached hydrogens (primary N) is 1. The maximum Gasteiger partial charge on any atom is 0.184 e. The predicted molar refractivity (Wildman–Crippen MR) is 72.1 cm³/mol. The molecule has 96 valence electrons. The summed E-state index contributed by atoms with van der Waals surface area (Å²) in [6.07, 6.45) is 1.02. The summed E-state index contributed by atoms with van der Waals surface area (Å²) >= 11 is 5.88. The quantitative estimate of drug-likeness (QED) is 0.863. The van der Waals surface area contributed by atoms with Crippen LogP contribution in [0.2, 0.25) is 5.02 Å². The second-order valence-corrected chi connectivity index (χ2v) is 5.08. The Morgan fingerprint density at radius 2 is 2.17 bits per heavy atom. The van der Waals surface area contributed by atoms with Crippen LogP contribution in [0.1, 0.15) is 20.3 Å². The number of tetrazole rings is 1. The van der Waals surface area contributed by atoms with E-state index >= 15 is 0 Å². The number of hydrogen-bond acceptors (Lipinski definition) is 4. The molecule has 2 rings (SSSR count). The molecule has 1 heterocycles. The third-order valence-corrected chi connectivity index (χ3v) is 2.94. The van der Waals surface area contributed by atoms with Crippen LogP contribution in [0.15, 0.2) is 18.2 Å².